The van der Waals surface area contributed by atoms with Crippen LogP contribution in [0.4, 0.5) is 9.80 Å². The minimum absolute atomic E-state index is 0.183. The molecule has 0 atom stereocenters. The summed E-state index contributed by atoms with van der Waals surface area (Å²) < 4.78 is 32.2. The summed E-state index contributed by atoms with van der Waals surface area (Å²) in [5.41, 5.74) is 0. The summed E-state index contributed by atoms with van der Waals surface area (Å²) in [5.74, 6) is 0.107. The number of rotatable bonds is 4. The number of sulfonamides is 1. The molecule has 2 aliphatic heterocycles. The van der Waals surface area contributed by atoms with Crippen LogP contribution in [0.3, 0.4) is 0 Å². The fourth-order valence-electron chi connectivity index (χ4n) is 3.65. The smallest absolute Gasteiger partial charge is 0.322 e. The second-order valence-electron chi connectivity index (χ2n) is 7.27. The first-order valence-electron chi connectivity index (χ1n) is 9.94. The van der Waals surface area contributed by atoms with E-state index in [1.807, 2.05) is 0 Å². The molecule has 0 spiro atoms. The molecule has 9 nitrogen and oxygen atoms in total. The van der Waals surface area contributed by atoms with Crippen LogP contribution in [0.25, 0.3) is 0 Å². The summed E-state index contributed by atoms with van der Waals surface area (Å²) in [7, 11) is -3.49. The maximum Gasteiger partial charge on any atom is 0.322 e. The Labute approximate surface area is 179 Å². The zero-order chi connectivity index (χ0) is 21.1. The van der Waals surface area contributed by atoms with Gasteiger partial charge in [0.25, 0.3) is 15.9 Å². The maximum atomic E-state index is 12.7. The van der Waals surface area contributed by atoms with E-state index in [-0.39, 0.29) is 16.1 Å². The summed E-state index contributed by atoms with van der Waals surface area (Å²) in [4.78, 5) is 28.4. The summed E-state index contributed by atoms with van der Waals surface area (Å²) in [6.45, 7) is 2.94. The molecule has 0 aliphatic carbocycles. The van der Waals surface area contributed by atoms with Gasteiger partial charge in [-0.05, 0) is 43.5 Å². The third-order valence-corrected chi connectivity index (χ3v) is 8.64. The monoisotopic (exact) mass is 452 g/mol. The molecule has 162 valence electrons. The van der Waals surface area contributed by atoms with Gasteiger partial charge in [-0.15, -0.1) is 11.3 Å². The van der Waals surface area contributed by atoms with Gasteiger partial charge in [0, 0.05) is 39.3 Å². The van der Waals surface area contributed by atoms with Gasteiger partial charge in [-0.2, -0.15) is 4.31 Å². The number of hydrogen-bond donors (Lipinski definition) is 1. The number of urea groups is 1. The SMILES string of the molecule is O=C(Nc1ccc(S(=O)(=O)N2CCCC2)s1)N1CCCN(C(=O)c2ccco2)CC1. The van der Waals surface area contributed by atoms with Crippen LogP contribution in [0.1, 0.15) is 29.8 Å². The highest BCUT2D eigenvalue weighted by atomic mass is 32.2. The number of carbonyl (C=O) groups is 2. The highest BCUT2D eigenvalue weighted by Crippen LogP contribution is 2.30. The Morgan fingerprint density at radius 3 is 2.40 bits per heavy atom. The van der Waals surface area contributed by atoms with Gasteiger partial charge in [0.05, 0.1) is 11.3 Å². The van der Waals surface area contributed by atoms with Crippen molar-refractivity contribution < 1.29 is 22.4 Å². The van der Waals surface area contributed by atoms with E-state index in [9.17, 15) is 18.0 Å². The van der Waals surface area contributed by atoms with Crippen molar-refractivity contribution in [2.45, 2.75) is 23.5 Å². The molecule has 0 radical (unpaired) electrons. The summed E-state index contributed by atoms with van der Waals surface area (Å²) in [6.07, 6.45) is 3.87. The molecule has 11 heteroatoms. The van der Waals surface area contributed by atoms with E-state index in [0.717, 1.165) is 24.2 Å². The van der Waals surface area contributed by atoms with Crippen molar-refractivity contribution in [1.29, 1.82) is 0 Å². The van der Waals surface area contributed by atoms with Crippen LogP contribution in [-0.4, -0.2) is 73.7 Å². The van der Waals surface area contributed by atoms with Crippen molar-refractivity contribution >= 4 is 38.3 Å². The molecular formula is C19H24N4O5S2. The lowest BCUT2D eigenvalue weighted by molar-refractivity contribution is 0.0731. The highest BCUT2D eigenvalue weighted by Gasteiger charge is 2.29. The molecule has 3 amide bonds. The fraction of sp³-hybridized carbons (Fsp3) is 0.474. The fourth-order valence-corrected chi connectivity index (χ4v) is 6.51. The third-order valence-electron chi connectivity index (χ3n) is 5.27. The first-order chi connectivity index (χ1) is 14.4. The largest absolute Gasteiger partial charge is 0.459 e. The average Bonchev–Trinajstić information content (AvgIpc) is 3.48. The first kappa shape index (κ1) is 20.9. The van der Waals surface area contributed by atoms with Crippen molar-refractivity contribution in [2.75, 3.05) is 44.6 Å². The number of hydrogen-bond acceptors (Lipinski definition) is 6. The van der Waals surface area contributed by atoms with Crippen molar-refractivity contribution in [3.63, 3.8) is 0 Å². The lowest BCUT2D eigenvalue weighted by atomic mass is 10.3. The molecule has 2 aromatic heterocycles. The molecule has 2 aliphatic rings. The van der Waals surface area contributed by atoms with Gasteiger partial charge < -0.3 is 14.2 Å². The van der Waals surface area contributed by atoms with E-state index >= 15 is 0 Å². The Balaban J connectivity index is 1.35. The van der Waals surface area contributed by atoms with Gasteiger partial charge in [-0.3, -0.25) is 10.1 Å². The summed E-state index contributed by atoms with van der Waals surface area (Å²) >= 11 is 1.06. The molecular weight excluding hydrogens is 428 g/mol. The molecule has 4 rings (SSSR count). The number of furan rings is 1. The van der Waals surface area contributed by atoms with E-state index < -0.39 is 10.0 Å². The normalized spacial score (nSPS) is 18.4. The molecule has 2 fully saturated rings. The van der Waals surface area contributed by atoms with E-state index in [1.165, 1.54) is 10.6 Å². The summed E-state index contributed by atoms with van der Waals surface area (Å²) in [6, 6.07) is 6.16. The van der Waals surface area contributed by atoms with Crippen molar-refractivity contribution in [2.24, 2.45) is 0 Å². The number of anilines is 1. The van der Waals surface area contributed by atoms with E-state index in [1.54, 1.807) is 34.1 Å². The Bertz CT molecular complexity index is 996. The van der Waals surface area contributed by atoms with Crippen LogP contribution < -0.4 is 5.32 Å². The van der Waals surface area contributed by atoms with E-state index in [2.05, 4.69) is 5.32 Å². The van der Waals surface area contributed by atoms with Gasteiger partial charge in [-0.1, -0.05) is 0 Å². The molecule has 1 N–H and O–H groups in total. The van der Waals surface area contributed by atoms with E-state index in [0.29, 0.717) is 56.5 Å². The van der Waals surface area contributed by atoms with Crippen LogP contribution in [-0.2, 0) is 10.0 Å². The Morgan fingerprint density at radius 2 is 1.67 bits per heavy atom. The Morgan fingerprint density at radius 1 is 0.933 bits per heavy atom. The minimum atomic E-state index is -3.49. The number of nitrogens with zero attached hydrogens (tertiary/aromatic N) is 3. The number of thiophene rings is 1. The molecule has 30 heavy (non-hydrogen) atoms. The van der Waals surface area contributed by atoms with Crippen molar-refractivity contribution in [1.82, 2.24) is 14.1 Å². The van der Waals surface area contributed by atoms with Crippen LogP contribution in [0.2, 0.25) is 0 Å². The van der Waals surface area contributed by atoms with Gasteiger partial charge in [-0.25, -0.2) is 13.2 Å². The first-order valence-corrected chi connectivity index (χ1v) is 12.2. The van der Waals surface area contributed by atoms with E-state index in [4.69, 9.17) is 4.42 Å². The lowest BCUT2D eigenvalue weighted by Gasteiger charge is -2.21. The standard InChI is InChI=1S/C19H24N4O5S2/c24-18(15-5-3-14-28-15)21-8-4-9-22(13-12-21)19(25)20-16-6-7-17(29-16)30(26,27)23-10-1-2-11-23/h3,5-7,14H,1-2,4,8-13H2,(H,20,25). The van der Waals surface area contributed by atoms with Gasteiger partial charge >= 0.3 is 6.03 Å². The Kier molecular flexibility index (Phi) is 6.11. The van der Waals surface area contributed by atoms with Crippen LogP contribution >= 0.6 is 11.3 Å². The number of amides is 3. The van der Waals surface area contributed by atoms with Gasteiger partial charge in [0.2, 0.25) is 0 Å². The zero-order valence-corrected chi connectivity index (χ0v) is 18.1. The number of carbonyl (C=O) groups excluding carboxylic acids is 2. The van der Waals surface area contributed by atoms with Crippen molar-refractivity contribution in [3.05, 3.63) is 36.3 Å². The summed E-state index contributed by atoms with van der Waals surface area (Å²) in [5, 5.41) is 3.29. The Hall–Kier alpha value is -2.37. The average molecular weight is 453 g/mol. The van der Waals surface area contributed by atoms with Crippen LogP contribution in [0, 0.1) is 0 Å². The predicted octanol–water partition coefficient (Wildman–Crippen LogP) is 2.51. The maximum absolute atomic E-state index is 12.7. The molecule has 0 bridgehead atoms. The van der Waals surface area contributed by atoms with Crippen LogP contribution in [0.5, 0.6) is 0 Å². The number of nitrogens with one attached hydrogen (secondary N) is 1. The topological polar surface area (TPSA) is 103 Å². The van der Waals surface area contributed by atoms with Gasteiger partial charge in [0.15, 0.2) is 5.76 Å². The third kappa shape index (κ3) is 4.37. The molecule has 0 aromatic carbocycles. The molecule has 2 aromatic rings. The highest BCUT2D eigenvalue weighted by molar-refractivity contribution is 7.91. The lowest BCUT2D eigenvalue weighted by Crippen LogP contribution is -2.39. The molecule has 2 saturated heterocycles. The van der Waals surface area contributed by atoms with Crippen LogP contribution in [0.15, 0.2) is 39.2 Å². The van der Waals surface area contributed by atoms with Gasteiger partial charge in [0.1, 0.15) is 4.21 Å². The molecule has 0 unspecified atom stereocenters. The quantitative estimate of drug-likeness (QED) is 0.768. The van der Waals surface area contributed by atoms with Crippen molar-refractivity contribution in [3.8, 4) is 0 Å². The molecule has 4 heterocycles. The predicted molar refractivity (Wildman–Crippen MR) is 112 cm³/mol. The second-order valence-corrected chi connectivity index (χ2v) is 10.5. The zero-order valence-electron chi connectivity index (χ0n) is 16.5. The minimum Gasteiger partial charge on any atom is -0.459 e. The molecule has 0 saturated carbocycles. The second kappa shape index (κ2) is 8.78.